The Bertz CT molecular complexity index is 722. The molecule has 1 heterocycles. The number of hydrogen-bond donors (Lipinski definition) is 1. The summed E-state index contributed by atoms with van der Waals surface area (Å²) in [6, 6.07) is 20.0. The second kappa shape index (κ2) is 8.07. The topological polar surface area (TPSA) is 24.5 Å². The predicted molar refractivity (Wildman–Crippen MR) is 118 cm³/mol. The summed E-state index contributed by atoms with van der Waals surface area (Å²) < 4.78 is 6.42. The van der Waals surface area contributed by atoms with Gasteiger partial charge in [-0.1, -0.05) is 51.1 Å². The van der Waals surface area contributed by atoms with Gasteiger partial charge < -0.3 is 14.6 Å². The van der Waals surface area contributed by atoms with E-state index in [2.05, 4.69) is 98.7 Å². The van der Waals surface area contributed by atoms with Crippen molar-refractivity contribution in [2.45, 2.75) is 51.4 Å². The van der Waals surface area contributed by atoms with Crippen LogP contribution in [0.3, 0.4) is 0 Å². The lowest BCUT2D eigenvalue weighted by molar-refractivity contribution is 0.454. The third kappa shape index (κ3) is 5.14. The molecule has 0 spiro atoms. The minimum atomic E-state index is -1.78. The lowest BCUT2D eigenvalue weighted by atomic mass is 10.0. The van der Waals surface area contributed by atoms with Gasteiger partial charge in [0, 0.05) is 31.4 Å². The van der Waals surface area contributed by atoms with Crippen molar-refractivity contribution >= 4 is 14.0 Å². The number of benzene rings is 2. The highest BCUT2D eigenvalue weighted by Gasteiger charge is 2.38. The maximum Gasteiger partial charge on any atom is 0.250 e. The molecule has 27 heavy (non-hydrogen) atoms. The molecule has 0 aromatic heterocycles. The molecule has 2 aromatic carbocycles. The zero-order valence-corrected chi connectivity index (χ0v) is 18.5. The van der Waals surface area contributed by atoms with Gasteiger partial charge in [-0.3, -0.25) is 0 Å². The third-order valence-electron chi connectivity index (χ3n) is 5.96. The first kappa shape index (κ1) is 20.0. The van der Waals surface area contributed by atoms with Crippen LogP contribution in [0.2, 0.25) is 18.1 Å². The molecule has 1 aliphatic rings. The highest BCUT2D eigenvalue weighted by molar-refractivity contribution is 6.74. The Morgan fingerprint density at radius 2 is 1.70 bits per heavy atom. The molecule has 146 valence electrons. The van der Waals surface area contributed by atoms with Crippen LogP contribution in [-0.4, -0.2) is 34.0 Å². The van der Waals surface area contributed by atoms with E-state index in [-0.39, 0.29) is 5.04 Å². The predicted octanol–water partition coefficient (Wildman–Crippen LogP) is 5.09. The molecule has 0 radical (unpaired) electrons. The monoisotopic (exact) mass is 382 g/mol. The van der Waals surface area contributed by atoms with Crippen LogP contribution < -0.4 is 14.6 Å². The number of hydrogen-bond acceptors (Lipinski definition) is 3. The van der Waals surface area contributed by atoms with E-state index >= 15 is 0 Å². The molecule has 0 bridgehead atoms. The molecule has 2 aromatic rings. The second-order valence-corrected chi connectivity index (χ2v) is 13.9. The Balaban J connectivity index is 1.63. The highest BCUT2D eigenvalue weighted by Crippen LogP contribution is 2.37. The maximum atomic E-state index is 6.42. The lowest BCUT2D eigenvalue weighted by Gasteiger charge is -2.37. The van der Waals surface area contributed by atoms with Crippen molar-refractivity contribution in [1.82, 2.24) is 5.32 Å². The van der Waals surface area contributed by atoms with Crippen molar-refractivity contribution < 1.29 is 4.43 Å². The Labute approximate surface area is 165 Å². The number of rotatable bonds is 5. The average Bonchev–Trinajstić information content (AvgIpc) is 2.62. The zero-order chi connectivity index (χ0) is 19.5. The molecule has 3 nitrogen and oxygen atoms in total. The number of piperazine rings is 1. The van der Waals surface area contributed by atoms with E-state index in [1.54, 1.807) is 0 Å². The fraction of sp³-hybridized carbons (Fsp3) is 0.478. The summed E-state index contributed by atoms with van der Waals surface area (Å²) in [6.45, 7) is 14.5. The van der Waals surface area contributed by atoms with Crippen LogP contribution >= 0.6 is 0 Å². The van der Waals surface area contributed by atoms with E-state index < -0.39 is 8.32 Å². The number of nitrogens with zero attached hydrogens (tertiary/aromatic N) is 1. The molecule has 0 aliphatic carbocycles. The van der Waals surface area contributed by atoms with Crippen LogP contribution in [0.5, 0.6) is 5.75 Å². The summed E-state index contributed by atoms with van der Waals surface area (Å²) in [6.07, 6.45) is 1.07. The Hall–Kier alpha value is -1.78. The Kier molecular flexibility index (Phi) is 5.97. The molecule has 0 amide bonds. The summed E-state index contributed by atoms with van der Waals surface area (Å²) in [5.74, 6) is 1.00. The summed E-state index contributed by atoms with van der Waals surface area (Å²) >= 11 is 0. The first-order chi connectivity index (χ1) is 12.7. The third-order valence-corrected chi connectivity index (χ3v) is 10.3. The van der Waals surface area contributed by atoms with Gasteiger partial charge in [0.2, 0.25) is 8.32 Å². The van der Waals surface area contributed by atoms with E-state index in [4.69, 9.17) is 4.43 Å². The van der Waals surface area contributed by atoms with Gasteiger partial charge in [-0.05, 0) is 54.4 Å². The van der Waals surface area contributed by atoms with Crippen LogP contribution in [-0.2, 0) is 6.42 Å². The van der Waals surface area contributed by atoms with Gasteiger partial charge in [-0.2, -0.15) is 0 Å². The molecule has 1 saturated heterocycles. The van der Waals surface area contributed by atoms with Crippen molar-refractivity contribution in [2.75, 3.05) is 24.5 Å². The standard InChI is InChI=1S/C23H34N2OSi/c1-23(2,3)27(4,5)26-22-13-11-21(12-14-22)25-16-15-24-20(18-25)17-19-9-7-6-8-10-19/h6-14,20,24H,15-18H2,1-5H3. The molecule has 1 N–H and O–H groups in total. The van der Waals surface area contributed by atoms with E-state index in [0.29, 0.717) is 6.04 Å². The first-order valence-electron chi connectivity index (χ1n) is 10.1. The first-order valence-corrected chi connectivity index (χ1v) is 13.0. The molecule has 3 rings (SSSR count). The normalized spacial score (nSPS) is 18.4. The fourth-order valence-corrected chi connectivity index (χ4v) is 4.30. The molecule has 1 unspecified atom stereocenters. The van der Waals surface area contributed by atoms with Gasteiger partial charge in [-0.15, -0.1) is 0 Å². The van der Waals surface area contributed by atoms with Gasteiger partial charge in [-0.25, -0.2) is 0 Å². The van der Waals surface area contributed by atoms with Crippen LogP contribution in [0.4, 0.5) is 5.69 Å². The van der Waals surface area contributed by atoms with Crippen molar-refractivity contribution in [3.8, 4) is 5.75 Å². The van der Waals surface area contributed by atoms with Gasteiger partial charge in [0.05, 0.1) is 0 Å². The summed E-state index contributed by atoms with van der Waals surface area (Å²) in [5.41, 5.74) is 2.69. The van der Waals surface area contributed by atoms with Crippen LogP contribution in [0.25, 0.3) is 0 Å². The van der Waals surface area contributed by atoms with Crippen molar-refractivity contribution in [1.29, 1.82) is 0 Å². The molecule has 0 saturated carbocycles. The molecule has 1 aliphatic heterocycles. The number of anilines is 1. The van der Waals surface area contributed by atoms with Crippen molar-refractivity contribution in [3.05, 3.63) is 60.2 Å². The smallest absolute Gasteiger partial charge is 0.250 e. The molecule has 1 fully saturated rings. The minimum Gasteiger partial charge on any atom is -0.544 e. The number of nitrogens with one attached hydrogen (secondary N) is 1. The second-order valence-electron chi connectivity index (χ2n) is 9.14. The van der Waals surface area contributed by atoms with Crippen LogP contribution in [0.1, 0.15) is 26.3 Å². The highest BCUT2D eigenvalue weighted by atomic mass is 28.4. The van der Waals surface area contributed by atoms with Crippen molar-refractivity contribution in [3.63, 3.8) is 0 Å². The van der Waals surface area contributed by atoms with E-state index in [1.807, 2.05) is 0 Å². The maximum absolute atomic E-state index is 6.42. The average molecular weight is 383 g/mol. The van der Waals surface area contributed by atoms with Gasteiger partial charge in [0.25, 0.3) is 0 Å². The van der Waals surface area contributed by atoms with E-state index in [9.17, 15) is 0 Å². The van der Waals surface area contributed by atoms with Gasteiger partial charge in [0.15, 0.2) is 0 Å². The van der Waals surface area contributed by atoms with Gasteiger partial charge >= 0.3 is 0 Å². The minimum absolute atomic E-state index is 0.217. The summed E-state index contributed by atoms with van der Waals surface area (Å²) in [4.78, 5) is 2.49. The van der Waals surface area contributed by atoms with Gasteiger partial charge in [0.1, 0.15) is 5.75 Å². The van der Waals surface area contributed by atoms with Crippen LogP contribution in [0, 0.1) is 0 Å². The lowest BCUT2D eigenvalue weighted by Crippen LogP contribution is -2.51. The zero-order valence-electron chi connectivity index (χ0n) is 17.5. The Morgan fingerprint density at radius 3 is 2.33 bits per heavy atom. The van der Waals surface area contributed by atoms with E-state index in [0.717, 1.165) is 31.8 Å². The summed E-state index contributed by atoms with van der Waals surface area (Å²) in [7, 11) is -1.78. The summed E-state index contributed by atoms with van der Waals surface area (Å²) in [5, 5.41) is 3.88. The fourth-order valence-electron chi connectivity index (χ4n) is 3.27. The Morgan fingerprint density at radius 1 is 1.04 bits per heavy atom. The quantitative estimate of drug-likeness (QED) is 0.729. The van der Waals surface area contributed by atoms with E-state index in [1.165, 1.54) is 11.3 Å². The SMILES string of the molecule is CC(C)(C)[Si](C)(C)Oc1ccc(N2CCNC(Cc3ccccc3)C2)cc1. The largest absolute Gasteiger partial charge is 0.544 e. The molecule has 4 heteroatoms. The molecular formula is C23H34N2OSi. The van der Waals surface area contributed by atoms with Crippen LogP contribution in [0.15, 0.2) is 54.6 Å². The van der Waals surface area contributed by atoms with Crippen molar-refractivity contribution in [2.24, 2.45) is 0 Å². The molecule has 1 atom stereocenters. The molecular weight excluding hydrogens is 348 g/mol.